The zero-order chi connectivity index (χ0) is 14.7. The van der Waals surface area contributed by atoms with Gasteiger partial charge in [0.2, 0.25) is 0 Å². The highest BCUT2D eigenvalue weighted by Gasteiger charge is 2.21. The summed E-state index contributed by atoms with van der Waals surface area (Å²) in [4.78, 5) is 20.6. The third-order valence-electron chi connectivity index (χ3n) is 3.18. The molecule has 0 fully saturated rings. The van der Waals surface area contributed by atoms with E-state index >= 15 is 0 Å². The van der Waals surface area contributed by atoms with Gasteiger partial charge in [-0.1, -0.05) is 37.3 Å². The Labute approximate surface area is 121 Å². The van der Waals surface area contributed by atoms with Crippen molar-refractivity contribution in [2.75, 3.05) is 0 Å². The Kier molecular flexibility index (Phi) is 3.55. The molecule has 3 aromatic rings. The second-order valence-electron chi connectivity index (χ2n) is 4.42. The van der Waals surface area contributed by atoms with Crippen molar-refractivity contribution in [2.24, 2.45) is 0 Å². The molecule has 0 atom stereocenters. The molecule has 0 saturated heterocycles. The van der Waals surface area contributed by atoms with Gasteiger partial charge in [0.25, 0.3) is 0 Å². The summed E-state index contributed by atoms with van der Waals surface area (Å²) >= 11 is 0. The Hall–Kier alpha value is -2.82. The molecule has 5 nitrogen and oxygen atoms in total. The number of benzene rings is 1. The van der Waals surface area contributed by atoms with Gasteiger partial charge in [-0.05, 0) is 18.6 Å². The van der Waals surface area contributed by atoms with E-state index in [2.05, 4.69) is 4.98 Å². The van der Waals surface area contributed by atoms with Crippen LogP contribution in [0.25, 0.3) is 22.8 Å². The molecule has 0 bridgehead atoms. The maximum Gasteiger partial charge on any atom is 0.321 e. The van der Waals surface area contributed by atoms with Gasteiger partial charge >= 0.3 is 6.47 Å². The van der Waals surface area contributed by atoms with Gasteiger partial charge in [-0.3, -0.25) is 4.79 Å². The molecule has 106 valence electrons. The van der Waals surface area contributed by atoms with Crippen LogP contribution in [-0.4, -0.2) is 16.2 Å². The van der Waals surface area contributed by atoms with Crippen LogP contribution in [0.5, 0.6) is 0 Å². The molecule has 2 aromatic heterocycles. The van der Waals surface area contributed by atoms with Gasteiger partial charge in [0.05, 0.1) is 12.0 Å². The Balaban J connectivity index is 2.24. The van der Waals surface area contributed by atoms with Crippen molar-refractivity contribution in [1.82, 2.24) is 9.71 Å². The molecular formula is C16H14N2O3. The molecule has 0 radical (unpaired) electrons. The average Bonchev–Trinajstić information content (AvgIpc) is 3.15. The maximum absolute atomic E-state index is 10.9. The minimum atomic E-state index is 0.389. The number of hydrogen-bond donors (Lipinski definition) is 0. The summed E-state index contributed by atoms with van der Waals surface area (Å²) in [5.74, 6) is 1.19. The molecule has 2 heterocycles. The van der Waals surface area contributed by atoms with Crippen LogP contribution >= 0.6 is 0 Å². The van der Waals surface area contributed by atoms with Crippen LogP contribution in [-0.2, 0) is 11.2 Å². The van der Waals surface area contributed by atoms with E-state index in [4.69, 9.17) is 9.25 Å². The highest BCUT2D eigenvalue weighted by atomic mass is 16.7. The number of imidazole rings is 1. The first kappa shape index (κ1) is 13.2. The van der Waals surface area contributed by atoms with Gasteiger partial charge in [-0.15, -0.1) is 4.73 Å². The van der Waals surface area contributed by atoms with Crippen LogP contribution in [0.1, 0.15) is 12.6 Å². The zero-order valence-electron chi connectivity index (χ0n) is 11.5. The number of carbonyl (C=O) groups is 1. The van der Waals surface area contributed by atoms with Crippen molar-refractivity contribution in [3.05, 3.63) is 54.4 Å². The van der Waals surface area contributed by atoms with Crippen LogP contribution < -0.4 is 4.84 Å². The van der Waals surface area contributed by atoms with Crippen LogP contribution in [0.3, 0.4) is 0 Å². The van der Waals surface area contributed by atoms with E-state index in [0.717, 1.165) is 11.3 Å². The number of carbonyl (C=O) groups excluding carboxylic acids is 1. The first-order chi connectivity index (χ1) is 10.3. The molecule has 0 amide bonds. The standard InChI is InChI=1S/C16H14N2O3/c1-2-13-15(14-9-6-10-20-14)18(21-11-19)16(17-13)12-7-4-3-5-8-12/h3-11H,2H2,1H3. The van der Waals surface area contributed by atoms with Gasteiger partial charge in [0.1, 0.15) is 5.69 Å². The summed E-state index contributed by atoms with van der Waals surface area (Å²) < 4.78 is 6.86. The third-order valence-corrected chi connectivity index (χ3v) is 3.18. The predicted octanol–water partition coefficient (Wildman–Crippen LogP) is 2.96. The first-order valence-corrected chi connectivity index (χ1v) is 6.66. The third kappa shape index (κ3) is 2.33. The molecule has 0 aliphatic heterocycles. The number of furan rings is 1. The van der Waals surface area contributed by atoms with Gasteiger partial charge in [0, 0.05) is 5.56 Å². The monoisotopic (exact) mass is 282 g/mol. The first-order valence-electron chi connectivity index (χ1n) is 6.66. The van der Waals surface area contributed by atoms with Crippen molar-refractivity contribution in [3.8, 4) is 22.8 Å². The van der Waals surface area contributed by atoms with E-state index in [9.17, 15) is 4.79 Å². The molecule has 0 aliphatic carbocycles. The molecule has 0 saturated carbocycles. The molecule has 1 aromatic carbocycles. The second-order valence-corrected chi connectivity index (χ2v) is 4.42. The molecule has 21 heavy (non-hydrogen) atoms. The minimum Gasteiger partial charge on any atom is -0.463 e. The Morgan fingerprint density at radius 3 is 2.67 bits per heavy atom. The topological polar surface area (TPSA) is 57.3 Å². The van der Waals surface area contributed by atoms with Gasteiger partial charge in [0.15, 0.2) is 11.6 Å². The normalized spacial score (nSPS) is 10.5. The van der Waals surface area contributed by atoms with Crippen LogP contribution in [0.2, 0.25) is 0 Å². The fourth-order valence-corrected chi connectivity index (χ4v) is 2.27. The van der Waals surface area contributed by atoms with E-state index < -0.39 is 0 Å². The number of aryl methyl sites for hydroxylation is 1. The summed E-state index contributed by atoms with van der Waals surface area (Å²) in [6.45, 7) is 2.38. The van der Waals surface area contributed by atoms with Crippen molar-refractivity contribution >= 4 is 6.47 Å². The van der Waals surface area contributed by atoms with E-state index in [1.165, 1.54) is 4.73 Å². The van der Waals surface area contributed by atoms with Crippen LogP contribution in [0.15, 0.2) is 53.1 Å². The number of hydrogen-bond acceptors (Lipinski definition) is 4. The van der Waals surface area contributed by atoms with Gasteiger partial charge in [-0.2, -0.15) is 0 Å². The van der Waals surface area contributed by atoms with E-state index in [1.54, 1.807) is 12.3 Å². The van der Waals surface area contributed by atoms with E-state index in [0.29, 0.717) is 30.2 Å². The number of aromatic nitrogens is 2. The summed E-state index contributed by atoms with van der Waals surface area (Å²) in [6, 6.07) is 13.2. The highest BCUT2D eigenvalue weighted by Crippen LogP contribution is 2.29. The number of rotatable bonds is 5. The highest BCUT2D eigenvalue weighted by molar-refractivity contribution is 5.66. The van der Waals surface area contributed by atoms with Crippen molar-refractivity contribution in [3.63, 3.8) is 0 Å². The Morgan fingerprint density at radius 2 is 2.05 bits per heavy atom. The predicted molar refractivity (Wildman–Crippen MR) is 77.4 cm³/mol. The zero-order valence-corrected chi connectivity index (χ0v) is 11.5. The van der Waals surface area contributed by atoms with Crippen molar-refractivity contribution in [1.29, 1.82) is 0 Å². The summed E-state index contributed by atoms with van der Waals surface area (Å²) in [5.41, 5.74) is 2.34. The van der Waals surface area contributed by atoms with Gasteiger partial charge in [-0.25, -0.2) is 4.98 Å². The molecule has 0 unspecified atom stereocenters. The fraction of sp³-hybridized carbons (Fsp3) is 0.125. The molecule has 3 rings (SSSR count). The molecule has 0 N–H and O–H groups in total. The lowest BCUT2D eigenvalue weighted by atomic mass is 10.2. The van der Waals surface area contributed by atoms with Crippen LogP contribution in [0, 0.1) is 0 Å². The Morgan fingerprint density at radius 1 is 1.24 bits per heavy atom. The maximum atomic E-state index is 10.9. The lowest BCUT2D eigenvalue weighted by Gasteiger charge is -2.07. The fourth-order valence-electron chi connectivity index (χ4n) is 2.27. The van der Waals surface area contributed by atoms with E-state index in [1.807, 2.05) is 43.3 Å². The van der Waals surface area contributed by atoms with Crippen molar-refractivity contribution < 1.29 is 14.0 Å². The average molecular weight is 282 g/mol. The summed E-state index contributed by atoms with van der Waals surface area (Å²) in [5, 5.41) is 0. The molecule has 5 heteroatoms. The molecular weight excluding hydrogens is 268 g/mol. The second kappa shape index (κ2) is 5.66. The van der Waals surface area contributed by atoms with Gasteiger partial charge < -0.3 is 9.25 Å². The summed E-state index contributed by atoms with van der Waals surface area (Å²) in [7, 11) is 0. The SMILES string of the molecule is CCc1nc(-c2ccccc2)n(OC=O)c1-c1ccco1. The lowest BCUT2D eigenvalue weighted by molar-refractivity contribution is -0.128. The smallest absolute Gasteiger partial charge is 0.321 e. The summed E-state index contributed by atoms with van der Waals surface area (Å²) in [6.07, 6.45) is 2.28. The van der Waals surface area contributed by atoms with E-state index in [-0.39, 0.29) is 0 Å². The van der Waals surface area contributed by atoms with Crippen LogP contribution in [0.4, 0.5) is 0 Å². The quantitative estimate of drug-likeness (QED) is 0.675. The minimum absolute atomic E-state index is 0.389. The Bertz CT molecular complexity index is 730. The largest absolute Gasteiger partial charge is 0.463 e. The lowest BCUT2D eigenvalue weighted by Crippen LogP contribution is -2.12. The number of nitrogens with zero attached hydrogens (tertiary/aromatic N) is 2. The molecule has 0 aliphatic rings. The molecule has 0 spiro atoms. The van der Waals surface area contributed by atoms with Crippen molar-refractivity contribution in [2.45, 2.75) is 13.3 Å².